The quantitative estimate of drug-likeness (QED) is 0.742. The molecule has 0 unspecified atom stereocenters. The number of carbonyl (C=O) groups is 1. The monoisotopic (exact) mass is 219 g/mol. The van der Waals surface area contributed by atoms with Crippen LogP contribution in [0.3, 0.4) is 0 Å². The van der Waals surface area contributed by atoms with Crippen molar-refractivity contribution in [1.82, 2.24) is 5.32 Å². The van der Waals surface area contributed by atoms with E-state index in [2.05, 4.69) is 5.32 Å². The number of ketones is 1. The lowest BCUT2D eigenvalue weighted by Crippen LogP contribution is -2.24. The maximum Gasteiger partial charge on any atom is 0.176 e. The second-order valence-electron chi connectivity index (χ2n) is 4.23. The van der Waals surface area contributed by atoms with Crippen LogP contribution in [-0.4, -0.2) is 26.0 Å². The minimum absolute atomic E-state index is 0.142. The van der Waals surface area contributed by atoms with E-state index in [0.717, 1.165) is 23.8 Å². The Labute approximate surface area is 95.8 Å². The second-order valence-corrected chi connectivity index (χ2v) is 4.23. The van der Waals surface area contributed by atoms with Gasteiger partial charge in [0.25, 0.3) is 0 Å². The van der Waals surface area contributed by atoms with E-state index in [9.17, 15) is 4.79 Å². The molecule has 0 spiro atoms. The number of hydrogen-bond acceptors (Lipinski definition) is 3. The van der Waals surface area contributed by atoms with Crippen LogP contribution >= 0.6 is 0 Å². The van der Waals surface area contributed by atoms with Gasteiger partial charge in [0.15, 0.2) is 5.78 Å². The predicted octanol–water partition coefficient (Wildman–Crippen LogP) is 1.88. The van der Waals surface area contributed by atoms with Crippen LogP contribution in [0, 0.1) is 5.92 Å². The molecule has 16 heavy (non-hydrogen) atoms. The SMILES string of the molecule is COc1ccc(C(=O)CNCC2CC2)cc1. The van der Waals surface area contributed by atoms with E-state index in [1.54, 1.807) is 19.2 Å². The summed E-state index contributed by atoms with van der Waals surface area (Å²) >= 11 is 0. The van der Waals surface area contributed by atoms with E-state index in [-0.39, 0.29) is 5.78 Å². The fraction of sp³-hybridized carbons (Fsp3) is 0.462. The molecule has 0 amide bonds. The maximum absolute atomic E-state index is 11.7. The molecule has 3 heteroatoms. The highest BCUT2D eigenvalue weighted by Crippen LogP contribution is 2.27. The van der Waals surface area contributed by atoms with Crippen LogP contribution in [0.5, 0.6) is 5.75 Å². The molecule has 0 aromatic heterocycles. The van der Waals surface area contributed by atoms with Gasteiger partial charge in [-0.2, -0.15) is 0 Å². The van der Waals surface area contributed by atoms with Gasteiger partial charge in [-0.05, 0) is 49.6 Å². The van der Waals surface area contributed by atoms with Crippen molar-refractivity contribution in [3.63, 3.8) is 0 Å². The highest BCUT2D eigenvalue weighted by molar-refractivity contribution is 5.97. The van der Waals surface area contributed by atoms with E-state index in [1.165, 1.54) is 12.8 Å². The van der Waals surface area contributed by atoms with Gasteiger partial charge in [-0.1, -0.05) is 0 Å². The molecule has 0 atom stereocenters. The van der Waals surface area contributed by atoms with E-state index in [0.29, 0.717) is 6.54 Å². The second kappa shape index (κ2) is 5.12. The summed E-state index contributed by atoms with van der Waals surface area (Å²) in [6.07, 6.45) is 2.62. The summed E-state index contributed by atoms with van der Waals surface area (Å²) in [7, 11) is 1.62. The highest BCUT2D eigenvalue weighted by Gasteiger charge is 2.20. The number of nitrogens with one attached hydrogen (secondary N) is 1. The first-order valence-electron chi connectivity index (χ1n) is 5.67. The summed E-state index contributed by atoms with van der Waals surface area (Å²) in [4.78, 5) is 11.7. The number of rotatable bonds is 6. The smallest absolute Gasteiger partial charge is 0.176 e. The van der Waals surface area contributed by atoms with E-state index in [1.807, 2.05) is 12.1 Å². The highest BCUT2D eigenvalue weighted by atomic mass is 16.5. The largest absolute Gasteiger partial charge is 0.497 e. The molecule has 86 valence electrons. The lowest BCUT2D eigenvalue weighted by Gasteiger charge is -2.04. The van der Waals surface area contributed by atoms with Crippen molar-refractivity contribution in [2.75, 3.05) is 20.2 Å². The number of carbonyl (C=O) groups excluding carboxylic acids is 1. The Hall–Kier alpha value is -1.35. The van der Waals surface area contributed by atoms with Crippen molar-refractivity contribution in [3.05, 3.63) is 29.8 Å². The van der Waals surface area contributed by atoms with Gasteiger partial charge in [-0.25, -0.2) is 0 Å². The number of Topliss-reactive ketones (excluding diaryl/α,β-unsaturated/α-hetero) is 1. The van der Waals surface area contributed by atoms with E-state index in [4.69, 9.17) is 4.74 Å². The lowest BCUT2D eigenvalue weighted by molar-refractivity contribution is 0.0991. The predicted molar refractivity (Wildman–Crippen MR) is 62.9 cm³/mol. The first-order valence-corrected chi connectivity index (χ1v) is 5.67. The van der Waals surface area contributed by atoms with Gasteiger partial charge in [-0.15, -0.1) is 0 Å². The number of benzene rings is 1. The molecule has 0 heterocycles. The van der Waals surface area contributed by atoms with Crippen LogP contribution in [0.15, 0.2) is 24.3 Å². The number of ether oxygens (including phenoxy) is 1. The van der Waals surface area contributed by atoms with E-state index < -0.39 is 0 Å². The Balaban J connectivity index is 1.81. The van der Waals surface area contributed by atoms with Gasteiger partial charge >= 0.3 is 0 Å². The van der Waals surface area contributed by atoms with Crippen LogP contribution in [0.2, 0.25) is 0 Å². The molecule has 1 aliphatic carbocycles. The van der Waals surface area contributed by atoms with Crippen molar-refractivity contribution < 1.29 is 9.53 Å². The molecule has 1 aromatic carbocycles. The summed E-state index contributed by atoms with van der Waals surface area (Å²) in [5, 5.41) is 3.19. The number of hydrogen-bond donors (Lipinski definition) is 1. The minimum atomic E-state index is 0.142. The Morgan fingerprint density at radius 1 is 1.38 bits per heavy atom. The molecule has 0 bridgehead atoms. The Bertz CT molecular complexity index is 355. The van der Waals surface area contributed by atoms with Crippen molar-refractivity contribution >= 4 is 5.78 Å². The van der Waals surface area contributed by atoms with Gasteiger partial charge < -0.3 is 10.1 Å². The van der Waals surface area contributed by atoms with Gasteiger partial charge in [0.2, 0.25) is 0 Å². The summed E-state index contributed by atoms with van der Waals surface area (Å²) < 4.78 is 5.04. The maximum atomic E-state index is 11.7. The first-order chi connectivity index (χ1) is 7.79. The molecule has 3 nitrogen and oxygen atoms in total. The van der Waals surface area contributed by atoms with Crippen molar-refractivity contribution in [2.24, 2.45) is 5.92 Å². The number of methoxy groups -OCH3 is 1. The molecular formula is C13H17NO2. The van der Waals surface area contributed by atoms with Crippen LogP contribution < -0.4 is 10.1 Å². The zero-order valence-electron chi connectivity index (χ0n) is 9.53. The zero-order valence-corrected chi connectivity index (χ0v) is 9.53. The molecular weight excluding hydrogens is 202 g/mol. The van der Waals surface area contributed by atoms with Crippen LogP contribution in [0.1, 0.15) is 23.2 Å². The first kappa shape index (κ1) is 11.1. The standard InChI is InChI=1S/C13H17NO2/c1-16-12-6-4-11(5-7-12)13(15)9-14-8-10-2-3-10/h4-7,10,14H,2-3,8-9H2,1H3. The van der Waals surface area contributed by atoms with Crippen molar-refractivity contribution in [1.29, 1.82) is 0 Å². The third-order valence-electron chi connectivity index (χ3n) is 2.83. The van der Waals surface area contributed by atoms with Crippen molar-refractivity contribution in [2.45, 2.75) is 12.8 Å². The van der Waals surface area contributed by atoms with Crippen molar-refractivity contribution in [3.8, 4) is 5.75 Å². The molecule has 1 N–H and O–H groups in total. The summed E-state index contributed by atoms with van der Waals surface area (Å²) in [6.45, 7) is 1.41. The lowest BCUT2D eigenvalue weighted by atomic mass is 10.1. The van der Waals surface area contributed by atoms with E-state index >= 15 is 0 Å². The fourth-order valence-electron chi connectivity index (χ4n) is 1.59. The molecule has 1 aromatic rings. The molecule has 1 fully saturated rings. The van der Waals surface area contributed by atoms with Crippen LogP contribution in [0.25, 0.3) is 0 Å². The molecule has 0 radical (unpaired) electrons. The molecule has 1 saturated carbocycles. The molecule has 0 saturated heterocycles. The minimum Gasteiger partial charge on any atom is -0.497 e. The molecule has 2 rings (SSSR count). The van der Waals surface area contributed by atoms with Crippen LogP contribution in [-0.2, 0) is 0 Å². The fourth-order valence-corrected chi connectivity index (χ4v) is 1.59. The third kappa shape index (κ3) is 3.07. The summed E-state index contributed by atoms with van der Waals surface area (Å²) in [5.41, 5.74) is 0.740. The van der Waals surface area contributed by atoms with Crippen LogP contribution in [0.4, 0.5) is 0 Å². The Morgan fingerprint density at radius 3 is 2.62 bits per heavy atom. The third-order valence-corrected chi connectivity index (χ3v) is 2.83. The normalized spacial score (nSPS) is 14.8. The summed E-state index contributed by atoms with van der Waals surface area (Å²) in [5.74, 6) is 1.73. The van der Waals surface area contributed by atoms with Gasteiger partial charge in [0, 0.05) is 5.56 Å². The molecule has 0 aliphatic heterocycles. The average molecular weight is 219 g/mol. The Kier molecular flexibility index (Phi) is 3.57. The van der Waals surface area contributed by atoms with Gasteiger partial charge in [0.05, 0.1) is 13.7 Å². The average Bonchev–Trinajstić information content (AvgIpc) is 3.13. The topological polar surface area (TPSA) is 38.3 Å². The summed E-state index contributed by atoms with van der Waals surface area (Å²) in [6, 6.07) is 7.24. The zero-order chi connectivity index (χ0) is 11.4. The van der Waals surface area contributed by atoms with Gasteiger partial charge in [0.1, 0.15) is 5.75 Å². The molecule has 1 aliphatic rings. The van der Waals surface area contributed by atoms with Gasteiger partial charge in [-0.3, -0.25) is 4.79 Å². The Morgan fingerprint density at radius 2 is 2.06 bits per heavy atom.